The average molecular weight is 351 g/mol. The fourth-order valence-corrected chi connectivity index (χ4v) is 3.70. The number of nitrogens with one attached hydrogen (secondary N) is 2. The summed E-state index contributed by atoms with van der Waals surface area (Å²) in [7, 11) is 3.71. The van der Waals surface area contributed by atoms with E-state index in [1.165, 1.54) is 0 Å². The number of para-hydroxylation sites is 1. The maximum atomic E-state index is 12.5. The number of amides is 2. The van der Waals surface area contributed by atoms with Gasteiger partial charge in [0, 0.05) is 56.3 Å². The Hall–Kier alpha value is -3.09. The summed E-state index contributed by atoms with van der Waals surface area (Å²) in [5.74, 6) is 0.731. The van der Waals surface area contributed by atoms with Crippen molar-refractivity contribution in [2.45, 2.75) is 12.5 Å². The highest BCUT2D eigenvalue weighted by Crippen LogP contribution is 2.35. The molecule has 0 unspecified atom stereocenters. The second-order valence-electron chi connectivity index (χ2n) is 6.79. The van der Waals surface area contributed by atoms with Gasteiger partial charge in [0.25, 0.3) is 5.91 Å². The lowest BCUT2D eigenvalue weighted by Crippen LogP contribution is -2.33. The van der Waals surface area contributed by atoms with Gasteiger partial charge in [-0.15, -0.1) is 0 Å². The van der Waals surface area contributed by atoms with Crippen LogP contribution in [-0.4, -0.2) is 44.8 Å². The van der Waals surface area contributed by atoms with E-state index in [0.29, 0.717) is 18.7 Å². The number of benzene rings is 1. The summed E-state index contributed by atoms with van der Waals surface area (Å²) in [5, 5.41) is 3.97. The van der Waals surface area contributed by atoms with Crippen molar-refractivity contribution in [3.8, 4) is 0 Å². The highest BCUT2D eigenvalue weighted by Gasteiger charge is 2.40. The summed E-state index contributed by atoms with van der Waals surface area (Å²) >= 11 is 0. The smallest absolute Gasteiger partial charge is 0.267 e. The van der Waals surface area contributed by atoms with Gasteiger partial charge in [-0.25, -0.2) is 4.98 Å². The van der Waals surface area contributed by atoms with Crippen LogP contribution in [0.15, 0.2) is 42.7 Å². The largest absolute Gasteiger partial charge is 0.351 e. The summed E-state index contributed by atoms with van der Waals surface area (Å²) in [6, 6.07) is 9.48. The van der Waals surface area contributed by atoms with Crippen LogP contribution in [0.25, 0.3) is 10.9 Å². The molecule has 2 amide bonds. The molecule has 0 aliphatic carbocycles. The molecule has 7 heteroatoms. The van der Waals surface area contributed by atoms with Gasteiger partial charge in [0.05, 0.1) is 6.04 Å². The maximum Gasteiger partial charge on any atom is 0.267 e. The summed E-state index contributed by atoms with van der Waals surface area (Å²) < 4.78 is 1.92. The summed E-state index contributed by atoms with van der Waals surface area (Å²) in [4.78, 5) is 34.0. The van der Waals surface area contributed by atoms with Gasteiger partial charge in [0.2, 0.25) is 5.91 Å². The number of carbonyl (C=O) groups excluding carboxylic acids is 2. The van der Waals surface area contributed by atoms with Crippen molar-refractivity contribution in [3.63, 3.8) is 0 Å². The Morgan fingerprint density at radius 1 is 1.35 bits per heavy atom. The van der Waals surface area contributed by atoms with Crippen LogP contribution in [0.4, 0.5) is 0 Å². The molecule has 1 aliphatic heterocycles. The molecule has 1 aliphatic rings. The maximum absolute atomic E-state index is 12.5. The molecule has 0 spiro atoms. The third-order valence-electron chi connectivity index (χ3n) is 5.12. The van der Waals surface area contributed by atoms with E-state index in [0.717, 1.165) is 16.7 Å². The van der Waals surface area contributed by atoms with Gasteiger partial charge in [-0.05, 0) is 12.1 Å². The van der Waals surface area contributed by atoms with E-state index in [1.807, 2.05) is 48.1 Å². The molecule has 134 valence electrons. The summed E-state index contributed by atoms with van der Waals surface area (Å²) in [6.45, 7) is 0.418. The van der Waals surface area contributed by atoms with Crippen molar-refractivity contribution < 1.29 is 9.59 Å². The molecule has 3 aromatic rings. The van der Waals surface area contributed by atoms with Crippen LogP contribution in [0.5, 0.6) is 0 Å². The predicted octanol–water partition coefficient (Wildman–Crippen LogP) is 1.85. The topological polar surface area (TPSA) is 83.0 Å². The zero-order chi connectivity index (χ0) is 18.3. The molecule has 1 aromatic carbocycles. The number of imidazole rings is 1. The first kappa shape index (κ1) is 16.4. The number of carbonyl (C=O) groups is 2. The zero-order valence-corrected chi connectivity index (χ0v) is 14.8. The minimum absolute atomic E-state index is 0.0121. The van der Waals surface area contributed by atoms with Crippen molar-refractivity contribution in [1.82, 2.24) is 24.8 Å². The van der Waals surface area contributed by atoms with Crippen molar-refractivity contribution in [2.24, 2.45) is 13.0 Å². The SMILES string of the molecule is CN1C(=O)C[C@@H](CNC(=O)c2cc3ccccc3[nH]2)[C@@H]1c1nccn1C. The third kappa shape index (κ3) is 2.75. The van der Waals surface area contributed by atoms with Crippen molar-refractivity contribution >= 4 is 22.7 Å². The summed E-state index contributed by atoms with van der Waals surface area (Å²) in [5.41, 5.74) is 1.46. The number of nitrogens with zero attached hydrogens (tertiary/aromatic N) is 3. The van der Waals surface area contributed by atoms with Crippen LogP contribution < -0.4 is 5.32 Å². The number of rotatable bonds is 4. The summed E-state index contributed by atoms with van der Waals surface area (Å²) in [6.07, 6.45) is 4.00. The molecule has 2 atom stereocenters. The highest BCUT2D eigenvalue weighted by atomic mass is 16.2. The van der Waals surface area contributed by atoms with Crippen molar-refractivity contribution in [3.05, 3.63) is 54.2 Å². The third-order valence-corrected chi connectivity index (χ3v) is 5.12. The molecule has 1 fully saturated rings. The number of H-pyrrole nitrogens is 1. The molecular formula is C19H21N5O2. The molecule has 0 radical (unpaired) electrons. The van der Waals surface area contributed by atoms with Gasteiger partial charge in [-0.3, -0.25) is 9.59 Å². The first-order valence-electron chi connectivity index (χ1n) is 8.63. The van der Waals surface area contributed by atoms with E-state index in [2.05, 4.69) is 15.3 Å². The normalized spacial score (nSPS) is 20.1. The van der Waals surface area contributed by atoms with Crippen LogP contribution in [-0.2, 0) is 11.8 Å². The monoisotopic (exact) mass is 351 g/mol. The van der Waals surface area contributed by atoms with Gasteiger partial charge in [0.15, 0.2) is 0 Å². The van der Waals surface area contributed by atoms with E-state index in [-0.39, 0.29) is 23.8 Å². The molecule has 0 saturated carbocycles. The number of aromatic amines is 1. The predicted molar refractivity (Wildman–Crippen MR) is 97.5 cm³/mol. The van der Waals surface area contributed by atoms with Gasteiger partial charge >= 0.3 is 0 Å². The zero-order valence-electron chi connectivity index (χ0n) is 14.8. The van der Waals surface area contributed by atoms with E-state index >= 15 is 0 Å². The minimum atomic E-state index is -0.165. The lowest BCUT2D eigenvalue weighted by molar-refractivity contribution is -0.127. The first-order chi connectivity index (χ1) is 12.5. The van der Waals surface area contributed by atoms with E-state index in [9.17, 15) is 9.59 Å². The Bertz CT molecular complexity index is 940. The van der Waals surface area contributed by atoms with Crippen LogP contribution in [0.3, 0.4) is 0 Å². The van der Waals surface area contributed by atoms with Crippen LogP contribution in [0, 0.1) is 5.92 Å². The lowest BCUT2D eigenvalue weighted by atomic mass is 9.99. The molecule has 7 nitrogen and oxygen atoms in total. The molecule has 2 N–H and O–H groups in total. The van der Waals surface area contributed by atoms with Crippen molar-refractivity contribution in [1.29, 1.82) is 0 Å². The number of fused-ring (bicyclic) bond motifs is 1. The second kappa shape index (κ2) is 6.33. The van der Waals surface area contributed by atoms with Gasteiger partial charge in [-0.1, -0.05) is 18.2 Å². The number of hydrogen-bond donors (Lipinski definition) is 2. The molecule has 4 rings (SSSR count). The lowest BCUT2D eigenvalue weighted by Gasteiger charge is -2.24. The van der Waals surface area contributed by atoms with Crippen LogP contribution in [0.2, 0.25) is 0 Å². The minimum Gasteiger partial charge on any atom is -0.351 e. The standard InChI is InChI=1S/C19H21N5O2/c1-23-8-7-20-18(23)17-13(10-16(25)24(17)2)11-21-19(26)15-9-12-5-3-4-6-14(12)22-15/h3-9,13,17,22H,10-11H2,1-2H3,(H,21,26)/t13-,17+/m0/s1. The quantitative estimate of drug-likeness (QED) is 0.752. The Balaban J connectivity index is 1.50. The number of aryl methyl sites for hydroxylation is 1. The molecule has 26 heavy (non-hydrogen) atoms. The van der Waals surface area contributed by atoms with E-state index in [4.69, 9.17) is 0 Å². The van der Waals surface area contributed by atoms with Crippen LogP contribution >= 0.6 is 0 Å². The van der Waals surface area contributed by atoms with Crippen molar-refractivity contribution in [2.75, 3.05) is 13.6 Å². The number of aromatic nitrogens is 3. The van der Waals surface area contributed by atoms with Gasteiger partial charge in [0.1, 0.15) is 11.5 Å². The Morgan fingerprint density at radius 2 is 2.15 bits per heavy atom. The molecular weight excluding hydrogens is 330 g/mol. The number of likely N-dealkylation sites (tertiary alicyclic amines) is 1. The molecule has 0 bridgehead atoms. The van der Waals surface area contributed by atoms with E-state index < -0.39 is 0 Å². The fraction of sp³-hybridized carbons (Fsp3) is 0.316. The first-order valence-corrected chi connectivity index (χ1v) is 8.63. The van der Waals surface area contributed by atoms with Crippen LogP contribution in [0.1, 0.15) is 28.8 Å². The average Bonchev–Trinajstić information content (AvgIpc) is 3.31. The van der Waals surface area contributed by atoms with Gasteiger partial charge < -0.3 is 19.8 Å². The highest BCUT2D eigenvalue weighted by molar-refractivity contribution is 5.98. The van der Waals surface area contributed by atoms with Gasteiger partial charge in [-0.2, -0.15) is 0 Å². The van der Waals surface area contributed by atoms with E-state index in [1.54, 1.807) is 18.1 Å². The Labute approximate surface area is 151 Å². The fourth-order valence-electron chi connectivity index (χ4n) is 3.70. The second-order valence-corrected chi connectivity index (χ2v) is 6.79. The molecule has 1 saturated heterocycles. The molecule has 2 aromatic heterocycles. The Kier molecular flexibility index (Phi) is 3.99. The molecule has 3 heterocycles. The number of hydrogen-bond acceptors (Lipinski definition) is 3. The Morgan fingerprint density at radius 3 is 2.88 bits per heavy atom.